The van der Waals surface area contributed by atoms with Crippen molar-refractivity contribution in [3.05, 3.63) is 95.6 Å². The van der Waals surface area contributed by atoms with E-state index in [4.69, 9.17) is 4.74 Å². The molecule has 0 aromatic heterocycles. The summed E-state index contributed by atoms with van der Waals surface area (Å²) in [6, 6.07) is 25.3. The number of aryl methyl sites for hydroxylation is 1. The van der Waals surface area contributed by atoms with Crippen molar-refractivity contribution >= 4 is 15.9 Å². The molecule has 5 rings (SSSR count). The van der Waals surface area contributed by atoms with E-state index in [1.165, 1.54) is 17.2 Å². The molecule has 0 spiro atoms. The van der Waals surface area contributed by atoms with Crippen LogP contribution in [0.3, 0.4) is 0 Å². The molecule has 0 N–H and O–H groups in total. The van der Waals surface area contributed by atoms with Gasteiger partial charge in [0.15, 0.2) is 0 Å². The molecule has 0 saturated carbocycles. The van der Waals surface area contributed by atoms with Crippen molar-refractivity contribution in [2.75, 3.05) is 19.6 Å². The Morgan fingerprint density at radius 1 is 1.08 bits per heavy atom. The summed E-state index contributed by atoms with van der Waals surface area (Å²) in [7, 11) is -3.76. The second kappa shape index (κ2) is 10.4. The van der Waals surface area contributed by atoms with Crippen LogP contribution in [0.15, 0.2) is 83.8 Å². The molecule has 0 bridgehead atoms. The number of unbranched alkanes of at least 4 members (excludes halogenated alkanes) is 1. The average Bonchev–Trinajstić information content (AvgIpc) is 3.10. The van der Waals surface area contributed by atoms with Crippen molar-refractivity contribution in [3.63, 3.8) is 0 Å². The van der Waals surface area contributed by atoms with Gasteiger partial charge in [-0.05, 0) is 68.5 Å². The fourth-order valence-electron chi connectivity index (χ4n) is 5.18. The first kappa shape index (κ1) is 24.5. The number of nitrogens with zero attached hydrogens (tertiary/aromatic N) is 2. The molecule has 0 radical (unpaired) electrons. The van der Waals surface area contributed by atoms with Crippen molar-refractivity contribution in [1.82, 2.24) is 9.21 Å². The lowest BCUT2D eigenvalue weighted by molar-refractivity contribution is 0.0854. The first-order valence-electron chi connectivity index (χ1n) is 12.6. The van der Waals surface area contributed by atoms with E-state index < -0.39 is 15.9 Å². The van der Waals surface area contributed by atoms with Gasteiger partial charge in [0.2, 0.25) is 0 Å². The number of hydrogen-bond acceptors (Lipinski definition) is 5. The molecule has 0 aliphatic carbocycles. The molecule has 0 fully saturated rings. The monoisotopic (exact) mass is 516 g/mol. The molecule has 7 heteroatoms. The van der Waals surface area contributed by atoms with Gasteiger partial charge in [0.1, 0.15) is 16.7 Å². The van der Waals surface area contributed by atoms with E-state index in [0.717, 1.165) is 42.4 Å². The van der Waals surface area contributed by atoms with Gasteiger partial charge in [-0.3, -0.25) is 9.69 Å². The van der Waals surface area contributed by atoms with E-state index in [0.29, 0.717) is 6.42 Å². The number of amides is 1. The molecule has 36 heavy (non-hydrogen) atoms. The lowest BCUT2D eigenvalue weighted by Gasteiger charge is -2.35. The highest BCUT2D eigenvalue weighted by atomic mass is 32.2. The maximum atomic E-state index is 12.9. The molecule has 0 saturated heterocycles. The number of para-hydroxylation sites is 1. The molecular weight excluding hydrogens is 484 g/mol. The molecule has 3 aromatic carbocycles. The lowest BCUT2D eigenvalue weighted by Crippen LogP contribution is -2.40. The predicted molar refractivity (Wildman–Crippen MR) is 140 cm³/mol. The normalized spacial score (nSPS) is 19.0. The molecule has 2 atom stereocenters. The Labute approximate surface area is 213 Å². The SMILES string of the molecule is C[C@H](c1ccccc1)N(CCCCN1C(=O)c2ccccc2S1(=O)=O)C[C@H]1CC[14c]2[14cH][14cH][14cH][14cH][14c]2O1. The quantitative estimate of drug-likeness (QED) is 0.372. The number of benzene rings is 3. The van der Waals surface area contributed by atoms with E-state index in [1.54, 1.807) is 18.2 Å². The van der Waals surface area contributed by atoms with Crippen LogP contribution in [0.1, 0.15) is 53.7 Å². The third kappa shape index (κ3) is 4.90. The minimum Gasteiger partial charge on any atom is -0.489 e. The van der Waals surface area contributed by atoms with E-state index in [-0.39, 0.29) is 29.1 Å². The first-order chi connectivity index (χ1) is 17.4. The van der Waals surface area contributed by atoms with E-state index in [9.17, 15) is 13.2 Å². The van der Waals surface area contributed by atoms with Crippen molar-refractivity contribution in [1.29, 1.82) is 0 Å². The molecule has 6 nitrogen and oxygen atoms in total. The number of hydrogen-bond donors (Lipinski definition) is 0. The maximum Gasteiger partial charge on any atom is 0.269 e. The Bertz CT molecular complexity index is 1330. The molecule has 3 aromatic rings. The van der Waals surface area contributed by atoms with Gasteiger partial charge in [0, 0.05) is 19.1 Å². The second-order valence-corrected chi connectivity index (χ2v) is 11.4. The molecule has 0 unspecified atom stereocenters. The van der Waals surface area contributed by atoms with Crippen molar-refractivity contribution in [3.8, 4) is 5.75 Å². The van der Waals surface area contributed by atoms with Gasteiger partial charge < -0.3 is 4.74 Å². The van der Waals surface area contributed by atoms with Crippen LogP contribution >= 0.6 is 0 Å². The van der Waals surface area contributed by atoms with Crippen molar-refractivity contribution < 1.29 is 17.9 Å². The Kier molecular flexibility index (Phi) is 7.12. The molecule has 2 heterocycles. The summed E-state index contributed by atoms with van der Waals surface area (Å²) in [6.45, 7) is 3.97. The minimum absolute atomic E-state index is 0.0982. The Morgan fingerprint density at radius 2 is 1.83 bits per heavy atom. The highest BCUT2D eigenvalue weighted by Crippen LogP contribution is 2.31. The number of sulfonamides is 1. The summed E-state index contributed by atoms with van der Waals surface area (Å²) in [4.78, 5) is 15.3. The summed E-state index contributed by atoms with van der Waals surface area (Å²) in [6.07, 6.45) is 3.44. The molecule has 2 aliphatic rings. The van der Waals surface area contributed by atoms with Crippen molar-refractivity contribution in [2.24, 2.45) is 0 Å². The Morgan fingerprint density at radius 3 is 2.64 bits per heavy atom. The Hall–Kier alpha value is -3.16. The lowest BCUT2D eigenvalue weighted by atomic mass is 10.1. The van der Waals surface area contributed by atoms with Gasteiger partial charge in [-0.25, -0.2) is 12.7 Å². The summed E-state index contributed by atoms with van der Waals surface area (Å²) in [5.41, 5.74) is 2.77. The fraction of sp³-hybridized carbons (Fsp3) is 0.345. The van der Waals surface area contributed by atoms with Gasteiger partial charge in [0.05, 0.1) is 5.56 Å². The molecule has 1 amide bonds. The summed E-state index contributed by atoms with van der Waals surface area (Å²) < 4.78 is 33.1. The van der Waals surface area contributed by atoms with Gasteiger partial charge >= 0.3 is 0 Å². The molecular formula is C29H32N2O4S. The smallest absolute Gasteiger partial charge is 0.269 e. The van der Waals surface area contributed by atoms with Gasteiger partial charge in [-0.15, -0.1) is 0 Å². The maximum absolute atomic E-state index is 12.9. The van der Waals surface area contributed by atoms with Crippen LogP contribution in [0.4, 0.5) is 0 Å². The molecule has 188 valence electrons. The summed E-state index contributed by atoms with van der Waals surface area (Å²) in [5, 5.41) is 0. The van der Waals surface area contributed by atoms with Crippen LogP contribution in [0, 0.1) is 0 Å². The second-order valence-electron chi connectivity index (χ2n) is 9.55. The number of carbonyl (C=O) groups excluding carboxylic acids is 1. The van der Waals surface area contributed by atoms with E-state index in [2.05, 4.69) is 48.2 Å². The topological polar surface area (TPSA) is 66.9 Å². The van der Waals surface area contributed by atoms with Crippen LogP contribution in [0.25, 0.3) is 0 Å². The molecule has 2 aliphatic heterocycles. The van der Waals surface area contributed by atoms with Gasteiger partial charge in [-0.1, -0.05) is 60.7 Å². The number of rotatable bonds is 9. The van der Waals surface area contributed by atoms with E-state index in [1.807, 2.05) is 18.2 Å². The number of ether oxygens (including phenoxy) is 1. The van der Waals surface area contributed by atoms with Crippen LogP contribution in [-0.2, 0) is 16.4 Å². The van der Waals surface area contributed by atoms with Gasteiger partial charge in [0.25, 0.3) is 15.9 Å². The predicted octanol–water partition coefficient (Wildman–Crippen LogP) is 5.07. The minimum atomic E-state index is -3.76. The van der Waals surface area contributed by atoms with Crippen LogP contribution < -0.4 is 4.74 Å². The van der Waals surface area contributed by atoms with E-state index >= 15 is 0 Å². The summed E-state index contributed by atoms with van der Waals surface area (Å²) in [5.74, 6) is 0.549. The van der Waals surface area contributed by atoms with Crippen LogP contribution in [-0.4, -0.2) is 49.3 Å². The Balaban J connectivity index is 1.24. The number of carbonyl (C=O) groups is 1. The van der Waals surface area contributed by atoms with Crippen LogP contribution in [0.2, 0.25) is 0 Å². The highest BCUT2D eigenvalue weighted by Gasteiger charge is 2.40. The average molecular weight is 517 g/mol. The third-order valence-electron chi connectivity index (χ3n) is 7.24. The standard InChI is InChI=1S/C29H32N2O4S/c1-22(23-11-3-2-4-12-23)30(21-25-18-17-24-13-5-7-15-27(24)35-25)19-9-10-20-31-29(32)26-14-6-8-16-28(26)36(31,33)34/h2-8,11-16,22,25H,9-10,17-21H2,1H3/t22-,25-/m1/s1/i5+2,7+2,13+2,15+2,24+2,27+2. The third-order valence-corrected chi connectivity index (χ3v) is 9.08. The zero-order chi connectivity index (χ0) is 25.1. The zero-order valence-electron chi connectivity index (χ0n) is 20.5. The highest BCUT2D eigenvalue weighted by molar-refractivity contribution is 7.90. The van der Waals surface area contributed by atoms with Gasteiger partial charge in [-0.2, -0.15) is 0 Å². The fourth-order valence-corrected chi connectivity index (χ4v) is 6.79. The first-order valence-corrected chi connectivity index (χ1v) is 14.1. The van der Waals surface area contributed by atoms with Crippen molar-refractivity contribution in [2.45, 2.75) is 49.6 Å². The number of fused-ring (bicyclic) bond motifs is 2. The zero-order valence-corrected chi connectivity index (χ0v) is 21.4. The largest absolute Gasteiger partial charge is 0.489 e. The summed E-state index contributed by atoms with van der Waals surface area (Å²) >= 11 is 0. The van der Waals surface area contributed by atoms with Crippen LogP contribution in [0.5, 0.6) is 5.75 Å².